The van der Waals surface area contributed by atoms with Crippen LogP contribution in [0.1, 0.15) is 58.4 Å². The van der Waals surface area contributed by atoms with Gasteiger partial charge in [0.15, 0.2) is 0 Å². The lowest BCUT2D eigenvalue weighted by Crippen LogP contribution is -2.36. The summed E-state index contributed by atoms with van der Waals surface area (Å²) in [7, 11) is 0. The molecule has 0 aromatic heterocycles. The van der Waals surface area contributed by atoms with Crippen molar-refractivity contribution in [3.8, 4) is 0 Å². The molecule has 0 aliphatic heterocycles. The van der Waals surface area contributed by atoms with Crippen molar-refractivity contribution in [2.45, 2.75) is 65.5 Å². The second kappa shape index (κ2) is 6.87. The Bertz CT molecular complexity index is 442. The average Bonchev–Trinajstić information content (AvgIpc) is 2.47. The van der Waals surface area contributed by atoms with E-state index in [2.05, 4.69) is 26.1 Å². The van der Waals surface area contributed by atoms with Crippen LogP contribution in [0.4, 0.5) is 8.78 Å². The van der Waals surface area contributed by atoms with Gasteiger partial charge in [-0.25, -0.2) is 8.78 Å². The van der Waals surface area contributed by atoms with Crippen LogP contribution in [0.3, 0.4) is 0 Å². The van der Waals surface area contributed by atoms with Crippen molar-refractivity contribution < 1.29 is 8.78 Å². The van der Waals surface area contributed by atoms with Gasteiger partial charge in [0.05, 0.1) is 0 Å². The van der Waals surface area contributed by atoms with E-state index in [9.17, 15) is 8.78 Å². The molecule has 118 valence electrons. The van der Waals surface area contributed by atoms with Gasteiger partial charge in [-0.1, -0.05) is 33.3 Å². The Morgan fingerprint density at radius 3 is 2.19 bits per heavy atom. The molecule has 1 aromatic carbocycles. The van der Waals surface area contributed by atoms with Crippen molar-refractivity contribution >= 4 is 0 Å². The standard InChI is InChI=1S/C18H27F2N/c1-4-18(2,3)13-8-10-14(11-9-13)21-12-15-16(19)6-5-7-17(15)20/h5-7,13-14,21H,4,8-12H2,1-3H3. The van der Waals surface area contributed by atoms with Gasteiger partial charge >= 0.3 is 0 Å². The van der Waals surface area contributed by atoms with Crippen LogP contribution in [-0.4, -0.2) is 6.04 Å². The summed E-state index contributed by atoms with van der Waals surface area (Å²) in [5, 5.41) is 3.33. The number of nitrogens with one attached hydrogen (secondary N) is 1. The molecule has 1 aliphatic rings. The first kappa shape index (κ1) is 16.4. The van der Waals surface area contributed by atoms with E-state index in [0.717, 1.165) is 18.8 Å². The maximum atomic E-state index is 13.6. The van der Waals surface area contributed by atoms with Gasteiger partial charge in [0, 0.05) is 18.2 Å². The van der Waals surface area contributed by atoms with Crippen LogP contribution < -0.4 is 5.32 Å². The normalized spacial score (nSPS) is 23.3. The van der Waals surface area contributed by atoms with Gasteiger partial charge in [0.2, 0.25) is 0 Å². The largest absolute Gasteiger partial charge is 0.310 e. The van der Waals surface area contributed by atoms with Crippen LogP contribution in [0.15, 0.2) is 18.2 Å². The topological polar surface area (TPSA) is 12.0 Å². The molecule has 1 fully saturated rings. The molecule has 1 nitrogen and oxygen atoms in total. The van der Waals surface area contributed by atoms with E-state index >= 15 is 0 Å². The zero-order valence-corrected chi connectivity index (χ0v) is 13.4. The molecule has 1 N–H and O–H groups in total. The molecule has 0 bridgehead atoms. The van der Waals surface area contributed by atoms with Gasteiger partial charge in [0.25, 0.3) is 0 Å². The summed E-state index contributed by atoms with van der Waals surface area (Å²) in [6.45, 7) is 7.23. The predicted molar refractivity (Wildman–Crippen MR) is 83.0 cm³/mol. The highest BCUT2D eigenvalue weighted by Crippen LogP contribution is 2.40. The highest BCUT2D eigenvalue weighted by Gasteiger charge is 2.31. The Balaban J connectivity index is 1.85. The molecule has 1 aromatic rings. The van der Waals surface area contributed by atoms with Crippen LogP contribution in [0, 0.1) is 23.0 Å². The van der Waals surface area contributed by atoms with Crippen molar-refractivity contribution in [3.05, 3.63) is 35.4 Å². The van der Waals surface area contributed by atoms with Crippen LogP contribution in [-0.2, 0) is 6.54 Å². The third-order valence-corrected chi connectivity index (χ3v) is 5.37. The molecule has 0 amide bonds. The van der Waals surface area contributed by atoms with Gasteiger partial charge in [-0.15, -0.1) is 0 Å². The fraction of sp³-hybridized carbons (Fsp3) is 0.667. The minimum absolute atomic E-state index is 0.161. The summed E-state index contributed by atoms with van der Waals surface area (Å²) < 4.78 is 27.2. The number of benzene rings is 1. The lowest BCUT2D eigenvalue weighted by Gasteiger charge is -2.39. The molecule has 0 unspecified atom stereocenters. The van der Waals surface area contributed by atoms with Crippen molar-refractivity contribution in [2.75, 3.05) is 0 Å². The summed E-state index contributed by atoms with van der Waals surface area (Å²) in [4.78, 5) is 0. The summed E-state index contributed by atoms with van der Waals surface area (Å²) in [6, 6.07) is 4.43. The van der Waals surface area contributed by atoms with E-state index in [1.165, 1.54) is 37.5 Å². The van der Waals surface area contributed by atoms with E-state index in [-0.39, 0.29) is 12.1 Å². The SMILES string of the molecule is CCC(C)(C)C1CCC(NCc2c(F)cccc2F)CC1. The second-order valence-corrected chi connectivity index (χ2v) is 6.97. The summed E-state index contributed by atoms with van der Waals surface area (Å²) >= 11 is 0. The van der Waals surface area contributed by atoms with Gasteiger partial charge in [-0.2, -0.15) is 0 Å². The number of hydrogen-bond donors (Lipinski definition) is 1. The molecule has 2 rings (SSSR count). The highest BCUT2D eigenvalue weighted by atomic mass is 19.1. The average molecular weight is 295 g/mol. The molecule has 3 heteroatoms. The lowest BCUT2D eigenvalue weighted by atomic mass is 9.69. The summed E-state index contributed by atoms with van der Waals surface area (Å²) in [5.74, 6) is -0.141. The zero-order valence-electron chi connectivity index (χ0n) is 13.4. The van der Waals surface area contributed by atoms with Crippen molar-refractivity contribution in [1.29, 1.82) is 0 Å². The smallest absolute Gasteiger partial charge is 0.130 e. The fourth-order valence-electron chi connectivity index (χ4n) is 3.32. The molecular formula is C18H27F2N. The van der Waals surface area contributed by atoms with Gasteiger partial charge in [-0.05, 0) is 49.1 Å². The van der Waals surface area contributed by atoms with E-state index in [1.54, 1.807) is 0 Å². The summed E-state index contributed by atoms with van der Waals surface area (Å²) in [5.41, 5.74) is 0.566. The van der Waals surface area contributed by atoms with Crippen LogP contribution in [0.25, 0.3) is 0 Å². The van der Waals surface area contributed by atoms with Crippen molar-refractivity contribution in [2.24, 2.45) is 11.3 Å². The number of halogens is 2. The Morgan fingerprint density at radius 1 is 1.10 bits per heavy atom. The zero-order chi connectivity index (χ0) is 15.5. The molecule has 0 heterocycles. The lowest BCUT2D eigenvalue weighted by molar-refractivity contribution is 0.136. The predicted octanol–water partition coefficient (Wildman–Crippen LogP) is 5.05. The summed E-state index contributed by atoms with van der Waals surface area (Å²) in [6.07, 6.45) is 5.82. The minimum Gasteiger partial charge on any atom is -0.310 e. The molecular weight excluding hydrogens is 268 g/mol. The second-order valence-electron chi connectivity index (χ2n) is 6.97. The molecule has 0 spiro atoms. The monoisotopic (exact) mass is 295 g/mol. The molecule has 0 saturated heterocycles. The fourth-order valence-corrected chi connectivity index (χ4v) is 3.32. The van der Waals surface area contributed by atoms with E-state index in [4.69, 9.17) is 0 Å². The van der Waals surface area contributed by atoms with Gasteiger partial charge < -0.3 is 5.32 Å². The van der Waals surface area contributed by atoms with Crippen molar-refractivity contribution in [3.63, 3.8) is 0 Å². The third kappa shape index (κ3) is 4.03. The third-order valence-electron chi connectivity index (χ3n) is 5.37. The Kier molecular flexibility index (Phi) is 5.37. The van der Waals surface area contributed by atoms with E-state index < -0.39 is 11.6 Å². The number of rotatable bonds is 5. The first-order valence-electron chi connectivity index (χ1n) is 8.10. The van der Waals surface area contributed by atoms with E-state index in [1.807, 2.05) is 0 Å². The van der Waals surface area contributed by atoms with Crippen molar-refractivity contribution in [1.82, 2.24) is 5.32 Å². The highest BCUT2D eigenvalue weighted by molar-refractivity contribution is 5.19. The van der Waals surface area contributed by atoms with E-state index in [0.29, 0.717) is 11.5 Å². The molecule has 0 radical (unpaired) electrons. The first-order valence-corrected chi connectivity index (χ1v) is 8.10. The number of hydrogen-bond acceptors (Lipinski definition) is 1. The minimum atomic E-state index is -0.455. The maximum Gasteiger partial charge on any atom is 0.130 e. The van der Waals surface area contributed by atoms with Gasteiger partial charge in [0.1, 0.15) is 11.6 Å². The van der Waals surface area contributed by atoms with Crippen LogP contribution in [0.5, 0.6) is 0 Å². The Labute approximate surface area is 127 Å². The van der Waals surface area contributed by atoms with Gasteiger partial charge in [-0.3, -0.25) is 0 Å². The quantitative estimate of drug-likeness (QED) is 0.801. The molecule has 1 saturated carbocycles. The van der Waals surface area contributed by atoms with Crippen LogP contribution >= 0.6 is 0 Å². The maximum absolute atomic E-state index is 13.6. The van der Waals surface area contributed by atoms with Crippen LogP contribution in [0.2, 0.25) is 0 Å². The Hall–Kier alpha value is -0.960. The molecule has 21 heavy (non-hydrogen) atoms. The Morgan fingerprint density at radius 2 is 1.67 bits per heavy atom. The molecule has 0 atom stereocenters. The first-order chi connectivity index (χ1) is 9.94. The molecule has 1 aliphatic carbocycles.